The molecule has 1 saturated heterocycles. The molecule has 5 rings (SSSR count). The molecule has 6 atom stereocenters. The molecule has 1 fully saturated rings. The van der Waals surface area contributed by atoms with Crippen molar-refractivity contribution in [2.24, 2.45) is 5.92 Å². The number of nitrogen functional groups attached to an aromatic ring is 1. The van der Waals surface area contributed by atoms with Gasteiger partial charge in [-0.3, -0.25) is 14.1 Å². The topological polar surface area (TPSA) is 197 Å². The van der Waals surface area contributed by atoms with Crippen LogP contribution < -0.4 is 15.3 Å². The van der Waals surface area contributed by atoms with Gasteiger partial charge in [0.05, 0.1) is 36.0 Å². The number of ether oxygens (including phenoxy) is 3. The van der Waals surface area contributed by atoms with Crippen LogP contribution in [0.2, 0.25) is 0 Å². The lowest BCUT2D eigenvalue weighted by Gasteiger charge is -2.34. The number of nitrogens with zero attached hydrogens (tertiary/aromatic N) is 3. The highest BCUT2D eigenvalue weighted by atomic mass is 31.2. The summed E-state index contributed by atoms with van der Waals surface area (Å²) in [5.74, 6) is -1.81. The van der Waals surface area contributed by atoms with Gasteiger partial charge >= 0.3 is 19.7 Å². The maximum atomic E-state index is 14.5. The molecule has 1 aliphatic rings. The fourth-order valence-electron chi connectivity index (χ4n) is 5.59. The number of fused-ring (bicyclic) bond motifs is 2. The Balaban J connectivity index is 1.54. The molecule has 14 nitrogen and oxygen atoms in total. The highest BCUT2D eigenvalue weighted by molar-refractivity contribution is 7.52. The second-order valence-electron chi connectivity index (χ2n) is 11.9. The lowest BCUT2D eigenvalue weighted by atomic mass is 9.80. The predicted octanol–water partition coefficient (Wildman–Crippen LogP) is 4.25. The lowest BCUT2D eigenvalue weighted by molar-refractivity contribution is -0.168. The van der Waals surface area contributed by atoms with E-state index >= 15 is 0 Å². The van der Waals surface area contributed by atoms with Gasteiger partial charge in [-0.15, -0.1) is 0 Å². The summed E-state index contributed by atoms with van der Waals surface area (Å²) in [6.45, 7) is 7.04. The number of nitriles is 1. The van der Waals surface area contributed by atoms with E-state index in [4.69, 9.17) is 29.0 Å². The van der Waals surface area contributed by atoms with Gasteiger partial charge in [0.25, 0.3) is 0 Å². The van der Waals surface area contributed by atoms with E-state index in [1.54, 1.807) is 57.2 Å². The number of nitrogens with two attached hydrogens (primary N) is 1. The summed E-state index contributed by atoms with van der Waals surface area (Å²) in [6, 6.07) is 18.0. The monoisotopic (exact) mass is 679 g/mol. The molecule has 0 bridgehead atoms. The van der Waals surface area contributed by atoms with E-state index in [1.165, 1.54) is 30.6 Å². The number of aromatic nitrogens is 2. The van der Waals surface area contributed by atoms with E-state index in [1.807, 2.05) is 18.2 Å². The first-order valence-corrected chi connectivity index (χ1v) is 16.9. The Morgan fingerprint density at radius 1 is 1.15 bits per heavy atom. The molecule has 2 aromatic carbocycles. The first-order chi connectivity index (χ1) is 22.8. The van der Waals surface area contributed by atoms with E-state index in [-0.39, 0.29) is 18.1 Å². The minimum absolute atomic E-state index is 0.0826. The largest absolute Gasteiger partial charge is 0.465 e. The van der Waals surface area contributed by atoms with E-state index < -0.39 is 61.7 Å². The number of rotatable bonds is 12. The molecule has 4 N–H and O–H groups in total. The number of anilines is 1. The van der Waals surface area contributed by atoms with Gasteiger partial charge in [-0.25, -0.2) is 9.08 Å². The van der Waals surface area contributed by atoms with Crippen LogP contribution in [0.4, 0.5) is 5.69 Å². The Morgan fingerprint density at radius 3 is 2.58 bits per heavy atom. The van der Waals surface area contributed by atoms with Gasteiger partial charge in [0.15, 0.2) is 6.10 Å². The van der Waals surface area contributed by atoms with Crippen molar-refractivity contribution in [1.29, 1.82) is 5.26 Å². The maximum absolute atomic E-state index is 14.5. The van der Waals surface area contributed by atoms with Gasteiger partial charge < -0.3 is 29.6 Å². The van der Waals surface area contributed by atoms with Gasteiger partial charge in [0.2, 0.25) is 5.60 Å². The molecule has 15 heteroatoms. The van der Waals surface area contributed by atoms with E-state index in [9.17, 15) is 24.5 Å². The zero-order valence-corrected chi connectivity index (χ0v) is 28.0. The molecule has 0 saturated carbocycles. The molecule has 4 aromatic rings. The molecule has 0 amide bonds. The number of carbonyl (C=O) groups is 2. The summed E-state index contributed by atoms with van der Waals surface area (Å²) in [5.41, 5.74) is 2.66. The Morgan fingerprint density at radius 2 is 1.88 bits per heavy atom. The third-order valence-electron chi connectivity index (χ3n) is 8.12. The van der Waals surface area contributed by atoms with Crippen LogP contribution in [0.25, 0.3) is 16.3 Å². The molecular formula is C33H38N5O9P. The number of carbonyl (C=O) groups excluding carboxylic acids is 2. The van der Waals surface area contributed by atoms with Crippen molar-refractivity contribution in [3.05, 3.63) is 72.6 Å². The Hall–Kier alpha value is -4.51. The average Bonchev–Trinajstić information content (AvgIpc) is 3.58. The normalized spacial score (nSPS) is 24.2. The summed E-state index contributed by atoms with van der Waals surface area (Å²) in [6.07, 6.45) is -1.46. The highest BCUT2D eigenvalue weighted by Crippen LogP contribution is 2.52. The molecular weight excluding hydrogens is 641 g/mol. The molecule has 0 aliphatic carbocycles. The van der Waals surface area contributed by atoms with Crippen LogP contribution in [-0.2, 0) is 38.5 Å². The second kappa shape index (κ2) is 13.5. The van der Waals surface area contributed by atoms with Crippen molar-refractivity contribution < 1.29 is 42.5 Å². The fraction of sp³-hybridized carbons (Fsp3) is 0.394. The van der Waals surface area contributed by atoms with Gasteiger partial charge in [-0.2, -0.15) is 15.4 Å². The van der Waals surface area contributed by atoms with Gasteiger partial charge in [0.1, 0.15) is 29.6 Å². The minimum Gasteiger partial charge on any atom is -0.465 e. The Bertz CT molecular complexity index is 1920. The SMILES string of the molecule is CCOC(=O)[C@H](C)NP(=O)(OC[C@H]1O[C@@](C#N)(c2ccc3c(N)ccnn23)[C@](C)(O)[C@@H]1OC(=O)C(C)C)Oc1cccc2ccccc12. The zero-order chi connectivity index (χ0) is 34.9. The molecule has 3 heterocycles. The first kappa shape index (κ1) is 34.8. The highest BCUT2D eigenvalue weighted by Gasteiger charge is 2.67. The molecule has 2 aromatic heterocycles. The molecule has 1 unspecified atom stereocenters. The van der Waals surface area contributed by atoms with Crippen LogP contribution in [0.15, 0.2) is 66.9 Å². The minimum atomic E-state index is -4.48. The van der Waals surface area contributed by atoms with Crippen LogP contribution in [0.1, 0.15) is 40.3 Å². The first-order valence-electron chi connectivity index (χ1n) is 15.4. The summed E-state index contributed by atoms with van der Waals surface area (Å²) < 4.78 is 44.9. The number of aliphatic hydroxyl groups is 1. The Kier molecular flexibility index (Phi) is 9.82. The molecule has 0 spiro atoms. The van der Waals surface area contributed by atoms with E-state index in [0.717, 1.165) is 5.39 Å². The van der Waals surface area contributed by atoms with Crippen LogP contribution >= 0.6 is 7.75 Å². The maximum Gasteiger partial charge on any atom is 0.459 e. The zero-order valence-electron chi connectivity index (χ0n) is 27.2. The van der Waals surface area contributed by atoms with E-state index in [0.29, 0.717) is 16.6 Å². The second-order valence-corrected chi connectivity index (χ2v) is 13.6. The number of hydrogen-bond donors (Lipinski definition) is 3. The van der Waals surface area contributed by atoms with Crippen molar-refractivity contribution in [3.8, 4) is 11.8 Å². The molecule has 0 radical (unpaired) electrons. The Labute approximate surface area is 277 Å². The predicted molar refractivity (Wildman–Crippen MR) is 174 cm³/mol. The van der Waals surface area contributed by atoms with E-state index in [2.05, 4.69) is 16.3 Å². The van der Waals surface area contributed by atoms with Gasteiger partial charge in [-0.1, -0.05) is 50.2 Å². The standard InChI is InChI=1S/C33H38N5O9P/c1-6-43-31(40)21(4)37-48(42,47-26-13-9-11-22-10-7-8-12-23(22)26)44-18-27-29(45-30(39)20(2)3)32(5,41)33(19-34,46-27)28-15-14-25-24(35)16-17-36-38(25)28/h7-17,20-21,27,29,41H,6,18,35H2,1-5H3,(H,37,42)/t21-,27+,29+,32+,33-,48?/m0/s1. The fourth-order valence-corrected chi connectivity index (χ4v) is 7.11. The molecule has 48 heavy (non-hydrogen) atoms. The molecule has 254 valence electrons. The average molecular weight is 680 g/mol. The van der Waals surface area contributed by atoms with Crippen molar-refractivity contribution in [1.82, 2.24) is 14.7 Å². The van der Waals surface area contributed by atoms with Crippen molar-refractivity contribution in [2.75, 3.05) is 18.9 Å². The quantitative estimate of drug-likeness (QED) is 0.142. The molecule has 1 aliphatic heterocycles. The van der Waals surface area contributed by atoms with Crippen LogP contribution in [0, 0.1) is 17.2 Å². The van der Waals surface area contributed by atoms with Crippen molar-refractivity contribution in [3.63, 3.8) is 0 Å². The van der Waals surface area contributed by atoms with Crippen LogP contribution in [0.3, 0.4) is 0 Å². The summed E-state index contributed by atoms with van der Waals surface area (Å²) in [4.78, 5) is 25.5. The van der Waals surface area contributed by atoms with Crippen molar-refractivity contribution in [2.45, 2.75) is 64.1 Å². The number of nitrogens with one attached hydrogen (secondary N) is 1. The third kappa shape index (κ3) is 6.35. The summed E-state index contributed by atoms with van der Waals surface area (Å²) in [7, 11) is -4.48. The smallest absolute Gasteiger partial charge is 0.459 e. The van der Waals surface area contributed by atoms with Gasteiger partial charge in [-0.05, 0) is 50.4 Å². The lowest BCUT2D eigenvalue weighted by Crippen LogP contribution is -2.54. The van der Waals surface area contributed by atoms with Crippen LogP contribution in [-0.4, -0.2) is 63.7 Å². The van der Waals surface area contributed by atoms with Gasteiger partial charge in [0, 0.05) is 11.6 Å². The summed E-state index contributed by atoms with van der Waals surface area (Å²) in [5, 5.41) is 31.1. The number of hydrogen-bond acceptors (Lipinski definition) is 12. The van der Waals surface area contributed by atoms with Crippen molar-refractivity contribution >= 4 is 41.7 Å². The summed E-state index contributed by atoms with van der Waals surface area (Å²) >= 11 is 0. The third-order valence-corrected chi connectivity index (χ3v) is 9.75. The van der Waals surface area contributed by atoms with Crippen LogP contribution in [0.5, 0.6) is 5.75 Å². The number of esters is 2. The number of benzene rings is 2.